The largest absolute Gasteiger partial charge is 0.354 e. The summed E-state index contributed by atoms with van der Waals surface area (Å²) in [4.78, 5) is 29.8. The van der Waals surface area contributed by atoms with E-state index in [0.717, 1.165) is 24.2 Å². The molecule has 0 unspecified atom stereocenters. The molecule has 0 aliphatic heterocycles. The van der Waals surface area contributed by atoms with Gasteiger partial charge < -0.3 is 16.0 Å². The second-order valence-corrected chi connectivity index (χ2v) is 5.86. The average Bonchev–Trinajstić information content (AvgIpc) is 2.86. The Labute approximate surface area is 146 Å². The Balaban J connectivity index is 1.59. The number of aromatic nitrogens is 4. The SMILES string of the molecule is Cc1cc(=O)[nH]c(NCCNC(=O)NCCCc2c(C)n[nH]c2C)n1. The van der Waals surface area contributed by atoms with E-state index in [1.54, 1.807) is 6.92 Å². The molecule has 0 atom stereocenters. The van der Waals surface area contributed by atoms with Crippen LogP contribution in [0.3, 0.4) is 0 Å². The van der Waals surface area contributed by atoms with Crippen molar-refractivity contribution >= 4 is 12.0 Å². The molecule has 0 aromatic carbocycles. The van der Waals surface area contributed by atoms with Crippen LogP contribution < -0.4 is 21.5 Å². The van der Waals surface area contributed by atoms with Gasteiger partial charge in [0.05, 0.1) is 5.69 Å². The maximum absolute atomic E-state index is 11.7. The van der Waals surface area contributed by atoms with Crippen LogP contribution in [0.5, 0.6) is 0 Å². The Morgan fingerprint density at radius 3 is 2.60 bits per heavy atom. The minimum Gasteiger partial charge on any atom is -0.354 e. The molecule has 0 saturated heterocycles. The van der Waals surface area contributed by atoms with E-state index in [1.165, 1.54) is 11.6 Å². The summed E-state index contributed by atoms with van der Waals surface area (Å²) in [6.45, 7) is 7.20. The lowest BCUT2D eigenvalue weighted by Crippen LogP contribution is -2.38. The molecule has 2 rings (SSSR count). The van der Waals surface area contributed by atoms with Crippen molar-refractivity contribution in [3.8, 4) is 0 Å². The molecule has 0 aliphatic rings. The van der Waals surface area contributed by atoms with Crippen LogP contribution in [-0.2, 0) is 6.42 Å². The lowest BCUT2D eigenvalue weighted by Gasteiger charge is -2.09. The van der Waals surface area contributed by atoms with Gasteiger partial charge in [0.1, 0.15) is 0 Å². The van der Waals surface area contributed by atoms with Crippen molar-refractivity contribution in [1.82, 2.24) is 30.8 Å². The Morgan fingerprint density at radius 2 is 1.92 bits per heavy atom. The molecule has 2 aromatic heterocycles. The molecule has 5 N–H and O–H groups in total. The number of nitrogens with one attached hydrogen (secondary N) is 5. The molecular weight excluding hydrogens is 322 g/mol. The number of H-pyrrole nitrogens is 2. The van der Waals surface area contributed by atoms with Crippen molar-refractivity contribution < 1.29 is 4.79 Å². The van der Waals surface area contributed by atoms with E-state index in [-0.39, 0.29) is 11.6 Å². The van der Waals surface area contributed by atoms with Gasteiger partial charge in [-0.2, -0.15) is 5.10 Å². The van der Waals surface area contributed by atoms with Crippen LogP contribution in [-0.4, -0.2) is 45.8 Å². The monoisotopic (exact) mass is 347 g/mol. The highest BCUT2D eigenvalue weighted by atomic mass is 16.2. The van der Waals surface area contributed by atoms with Gasteiger partial charge in [0.2, 0.25) is 5.95 Å². The Bertz CT molecular complexity index is 747. The summed E-state index contributed by atoms with van der Waals surface area (Å²) in [6, 6.07) is 1.21. The number of hydrogen-bond acceptors (Lipinski definition) is 5. The zero-order valence-electron chi connectivity index (χ0n) is 14.8. The number of aryl methyl sites for hydroxylation is 3. The second-order valence-electron chi connectivity index (χ2n) is 5.86. The third-order valence-corrected chi connectivity index (χ3v) is 3.74. The van der Waals surface area contributed by atoms with E-state index in [9.17, 15) is 9.59 Å². The van der Waals surface area contributed by atoms with E-state index in [4.69, 9.17) is 0 Å². The van der Waals surface area contributed by atoms with E-state index in [2.05, 4.69) is 36.1 Å². The molecule has 136 valence electrons. The highest BCUT2D eigenvalue weighted by molar-refractivity contribution is 5.73. The van der Waals surface area contributed by atoms with Gasteiger partial charge in [0, 0.05) is 37.1 Å². The normalized spacial score (nSPS) is 10.5. The first-order valence-electron chi connectivity index (χ1n) is 8.29. The molecule has 25 heavy (non-hydrogen) atoms. The fourth-order valence-corrected chi connectivity index (χ4v) is 2.49. The number of nitrogens with zero attached hydrogens (tertiary/aromatic N) is 2. The van der Waals surface area contributed by atoms with Crippen molar-refractivity contribution in [2.24, 2.45) is 0 Å². The van der Waals surface area contributed by atoms with Gasteiger partial charge in [0.15, 0.2) is 0 Å². The van der Waals surface area contributed by atoms with Gasteiger partial charge in [0.25, 0.3) is 5.56 Å². The minimum atomic E-state index is -0.215. The molecule has 9 heteroatoms. The molecule has 0 spiro atoms. The summed E-state index contributed by atoms with van der Waals surface area (Å²) < 4.78 is 0. The molecule has 2 amide bonds. The molecule has 0 aliphatic carbocycles. The third kappa shape index (κ3) is 5.94. The summed E-state index contributed by atoms with van der Waals surface area (Å²) in [6.07, 6.45) is 1.73. The first-order valence-corrected chi connectivity index (χ1v) is 8.29. The van der Waals surface area contributed by atoms with Crippen LogP contribution in [0, 0.1) is 20.8 Å². The highest BCUT2D eigenvalue weighted by Gasteiger charge is 2.06. The Kier molecular flexibility index (Phi) is 6.55. The molecule has 9 nitrogen and oxygen atoms in total. The van der Waals surface area contributed by atoms with Crippen molar-refractivity contribution in [2.45, 2.75) is 33.6 Å². The van der Waals surface area contributed by atoms with Crippen LogP contribution in [0.25, 0.3) is 0 Å². The van der Waals surface area contributed by atoms with Crippen molar-refractivity contribution in [2.75, 3.05) is 25.0 Å². The smallest absolute Gasteiger partial charge is 0.314 e. The molecule has 2 heterocycles. The zero-order valence-corrected chi connectivity index (χ0v) is 14.8. The topological polar surface area (TPSA) is 128 Å². The Morgan fingerprint density at radius 1 is 1.16 bits per heavy atom. The van der Waals surface area contributed by atoms with Gasteiger partial charge in [-0.3, -0.25) is 14.9 Å². The number of amides is 2. The number of urea groups is 1. The zero-order chi connectivity index (χ0) is 18.2. The fourth-order valence-electron chi connectivity index (χ4n) is 2.49. The molecular formula is C16H25N7O2. The van der Waals surface area contributed by atoms with Crippen molar-refractivity contribution in [1.29, 1.82) is 0 Å². The predicted octanol–water partition coefficient (Wildman–Crippen LogP) is 0.762. The van der Waals surface area contributed by atoms with Crippen LogP contribution in [0.15, 0.2) is 10.9 Å². The maximum Gasteiger partial charge on any atom is 0.314 e. The second kappa shape index (κ2) is 8.86. The fraction of sp³-hybridized carbons (Fsp3) is 0.500. The number of aromatic amines is 2. The number of carbonyl (C=O) groups excluding carboxylic acids is 1. The van der Waals surface area contributed by atoms with Crippen molar-refractivity contribution in [3.63, 3.8) is 0 Å². The van der Waals surface area contributed by atoms with Crippen LogP contribution in [0.1, 0.15) is 29.1 Å². The predicted molar refractivity (Wildman–Crippen MR) is 95.9 cm³/mol. The standard InChI is InChI=1S/C16H25N7O2/c1-10-9-14(24)21-15(20-10)17-7-8-19-16(25)18-6-4-5-13-11(2)22-23-12(13)3/h9H,4-8H2,1-3H3,(H,22,23)(H2,18,19,25)(H2,17,20,21,24). The summed E-state index contributed by atoms with van der Waals surface area (Å²) in [5.74, 6) is 0.401. The Hall–Kier alpha value is -2.84. The molecule has 2 aromatic rings. The average molecular weight is 347 g/mol. The molecule has 0 radical (unpaired) electrons. The van der Waals surface area contributed by atoms with Gasteiger partial charge in [-0.1, -0.05) is 0 Å². The van der Waals surface area contributed by atoms with Gasteiger partial charge >= 0.3 is 6.03 Å². The van der Waals surface area contributed by atoms with Gasteiger partial charge in [-0.25, -0.2) is 9.78 Å². The maximum atomic E-state index is 11.7. The third-order valence-electron chi connectivity index (χ3n) is 3.74. The molecule has 0 saturated carbocycles. The van der Waals surface area contributed by atoms with Crippen LogP contribution in [0.2, 0.25) is 0 Å². The molecule has 0 bridgehead atoms. The first-order chi connectivity index (χ1) is 12.0. The number of anilines is 1. The lowest BCUT2D eigenvalue weighted by molar-refractivity contribution is 0.241. The van der Waals surface area contributed by atoms with Gasteiger partial charge in [-0.15, -0.1) is 0 Å². The minimum absolute atomic E-state index is 0.205. The van der Waals surface area contributed by atoms with E-state index < -0.39 is 0 Å². The van der Waals surface area contributed by atoms with Crippen LogP contribution >= 0.6 is 0 Å². The van der Waals surface area contributed by atoms with E-state index in [1.807, 2.05) is 13.8 Å². The highest BCUT2D eigenvalue weighted by Crippen LogP contribution is 2.11. The van der Waals surface area contributed by atoms with E-state index >= 15 is 0 Å². The summed E-state index contributed by atoms with van der Waals surface area (Å²) in [7, 11) is 0. The quantitative estimate of drug-likeness (QED) is 0.451. The van der Waals surface area contributed by atoms with E-state index in [0.29, 0.717) is 31.3 Å². The first kappa shape index (κ1) is 18.5. The summed E-state index contributed by atoms with van der Waals surface area (Å²) >= 11 is 0. The summed E-state index contributed by atoms with van der Waals surface area (Å²) in [5.41, 5.74) is 3.74. The number of hydrogen-bond donors (Lipinski definition) is 5. The summed E-state index contributed by atoms with van der Waals surface area (Å²) in [5, 5.41) is 15.6. The molecule has 0 fully saturated rings. The lowest BCUT2D eigenvalue weighted by atomic mass is 10.1. The van der Waals surface area contributed by atoms with Gasteiger partial charge in [-0.05, 0) is 39.2 Å². The van der Waals surface area contributed by atoms with Crippen molar-refractivity contribution in [3.05, 3.63) is 39.1 Å². The number of carbonyl (C=O) groups is 1. The van der Waals surface area contributed by atoms with Crippen LogP contribution in [0.4, 0.5) is 10.7 Å². The number of rotatable bonds is 8.